The highest BCUT2D eigenvalue weighted by atomic mass is 32.1. The third-order valence-corrected chi connectivity index (χ3v) is 5.33. The van der Waals surface area contributed by atoms with Gasteiger partial charge in [0.05, 0.1) is 24.0 Å². The van der Waals surface area contributed by atoms with Gasteiger partial charge in [-0.05, 0) is 43.7 Å². The van der Waals surface area contributed by atoms with Crippen LogP contribution in [0.1, 0.15) is 18.5 Å². The summed E-state index contributed by atoms with van der Waals surface area (Å²) in [7, 11) is 1.72. The van der Waals surface area contributed by atoms with Crippen LogP contribution in [0.4, 0.5) is 5.69 Å². The van der Waals surface area contributed by atoms with Crippen molar-refractivity contribution >= 4 is 28.0 Å². The standard InChI is InChI=1S/C22H22N2O2S/c1-15-7-6-9-18(11-15)23-22-24(16(2)13-25-3)19(14-27-22)21-12-17-8-4-5-10-20(17)26-21/h4-12,14,16H,13H2,1-3H3/t16-/m0/s1. The number of para-hydroxylation sites is 1. The van der Waals surface area contributed by atoms with E-state index in [2.05, 4.69) is 48.1 Å². The van der Waals surface area contributed by atoms with Crippen molar-refractivity contribution in [1.29, 1.82) is 0 Å². The number of furan rings is 1. The topological polar surface area (TPSA) is 39.7 Å². The van der Waals surface area contributed by atoms with Crippen LogP contribution in [-0.2, 0) is 4.74 Å². The van der Waals surface area contributed by atoms with Crippen LogP contribution in [0, 0.1) is 6.92 Å². The van der Waals surface area contributed by atoms with E-state index in [0.717, 1.165) is 32.9 Å². The average molecular weight is 378 g/mol. The van der Waals surface area contributed by atoms with Crippen molar-refractivity contribution in [3.05, 3.63) is 70.3 Å². The first-order valence-corrected chi connectivity index (χ1v) is 9.83. The number of thiazole rings is 1. The van der Waals surface area contributed by atoms with Gasteiger partial charge in [0.1, 0.15) is 5.58 Å². The fourth-order valence-electron chi connectivity index (χ4n) is 3.24. The lowest BCUT2D eigenvalue weighted by Gasteiger charge is -2.15. The van der Waals surface area contributed by atoms with Gasteiger partial charge in [-0.15, -0.1) is 11.3 Å². The minimum atomic E-state index is 0.132. The highest BCUT2D eigenvalue weighted by Crippen LogP contribution is 2.30. The van der Waals surface area contributed by atoms with Crippen LogP contribution in [0.15, 0.2) is 69.4 Å². The summed E-state index contributed by atoms with van der Waals surface area (Å²) >= 11 is 1.62. The Hall–Kier alpha value is -2.63. The zero-order chi connectivity index (χ0) is 18.8. The van der Waals surface area contributed by atoms with Crippen molar-refractivity contribution < 1.29 is 9.15 Å². The number of rotatable bonds is 5. The fraction of sp³-hybridized carbons (Fsp3) is 0.227. The number of benzene rings is 2. The van der Waals surface area contributed by atoms with Crippen LogP contribution in [0.3, 0.4) is 0 Å². The third kappa shape index (κ3) is 3.61. The van der Waals surface area contributed by atoms with Gasteiger partial charge >= 0.3 is 0 Å². The van der Waals surface area contributed by atoms with Gasteiger partial charge < -0.3 is 13.7 Å². The van der Waals surface area contributed by atoms with E-state index in [1.54, 1.807) is 18.4 Å². The average Bonchev–Trinajstić information content (AvgIpc) is 3.25. The Labute approximate surface area is 162 Å². The van der Waals surface area contributed by atoms with Gasteiger partial charge in [0, 0.05) is 17.9 Å². The van der Waals surface area contributed by atoms with Gasteiger partial charge in [0.2, 0.25) is 0 Å². The molecule has 138 valence electrons. The molecule has 0 saturated carbocycles. The number of ether oxygens (including phenoxy) is 1. The first-order chi connectivity index (χ1) is 13.2. The highest BCUT2D eigenvalue weighted by Gasteiger charge is 2.17. The minimum absolute atomic E-state index is 0.132. The first-order valence-electron chi connectivity index (χ1n) is 8.95. The highest BCUT2D eigenvalue weighted by molar-refractivity contribution is 7.07. The number of aromatic nitrogens is 1. The van der Waals surface area contributed by atoms with Gasteiger partial charge in [-0.3, -0.25) is 0 Å². The van der Waals surface area contributed by atoms with Crippen molar-refractivity contribution in [3.8, 4) is 11.5 Å². The largest absolute Gasteiger partial charge is 0.454 e. The van der Waals surface area contributed by atoms with E-state index in [1.165, 1.54) is 5.56 Å². The van der Waals surface area contributed by atoms with Crippen LogP contribution < -0.4 is 4.80 Å². The van der Waals surface area contributed by atoms with Crippen molar-refractivity contribution in [3.63, 3.8) is 0 Å². The maximum atomic E-state index is 6.11. The molecular formula is C22H22N2O2S. The van der Waals surface area contributed by atoms with Gasteiger partial charge in [-0.25, -0.2) is 4.99 Å². The predicted molar refractivity (Wildman–Crippen MR) is 111 cm³/mol. The molecule has 0 fully saturated rings. The Bertz CT molecular complexity index is 1100. The Kier molecular flexibility index (Phi) is 4.97. The van der Waals surface area contributed by atoms with E-state index in [0.29, 0.717) is 6.61 Å². The van der Waals surface area contributed by atoms with Crippen LogP contribution >= 0.6 is 11.3 Å². The summed E-state index contributed by atoms with van der Waals surface area (Å²) in [6.07, 6.45) is 0. The van der Waals surface area contributed by atoms with Gasteiger partial charge in [0.15, 0.2) is 10.6 Å². The van der Waals surface area contributed by atoms with Gasteiger partial charge in [-0.1, -0.05) is 30.3 Å². The van der Waals surface area contributed by atoms with Crippen molar-refractivity contribution in [2.75, 3.05) is 13.7 Å². The molecule has 2 aromatic heterocycles. The fourth-order valence-corrected chi connectivity index (χ4v) is 4.24. The summed E-state index contributed by atoms with van der Waals surface area (Å²) < 4.78 is 13.7. The summed E-state index contributed by atoms with van der Waals surface area (Å²) in [6, 6.07) is 18.5. The van der Waals surface area contributed by atoms with Gasteiger partial charge in [-0.2, -0.15) is 0 Å². The monoisotopic (exact) mass is 378 g/mol. The van der Waals surface area contributed by atoms with Gasteiger partial charge in [0.25, 0.3) is 0 Å². The van der Waals surface area contributed by atoms with Crippen LogP contribution in [-0.4, -0.2) is 18.3 Å². The van der Waals surface area contributed by atoms with E-state index in [-0.39, 0.29) is 6.04 Å². The molecule has 4 rings (SSSR count). The van der Waals surface area contributed by atoms with Crippen molar-refractivity contribution in [1.82, 2.24) is 4.57 Å². The number of nitrogens with zero attached hydrogens (tertiary/aromatic N) is 2. The van der Waals surface area contributed by atoms with E-state index in [4.69, 9.17) is 14.1 Å². The zero-order valence-electron chi connectivity index (χ0n) is 15.7. The Morgan fingerprint density at radius 3 is 2.78 bits per heavy atom. The summed E-state index contributed by atoms with van der Waals surface area (Å²) in [5.41, 5.74) is 4.06. The molecule has 0 unspecified atom stereocenters. The molecule has 0 bridgehead atoms. The Morgan fingerprint density at radius 2 is 2.00 bits per heavy atom. The lowest BCUT2D eigenvalue weighted by molar-refractivity contribution is 0.161. The smallest absolute Gasteiger partial charge is 0.190 e. The molecule has 5 heteroatoms. The second-order valence-electron chi connectivity index (χ2n) is 6.68. The van der Waals surface area contributed by atoms with Crippen molar-refractivity contribution in [2.45, 2.75) is 19.9 Å². The predicted octanol–water partition coefficient (Wildman–Crippen LogP) is 5.71. The molecule has 0 amide bonds. The normalized spacial score (nSPS) is 13.4. The van der Waals surface area contributed by atoms with E-state index >= 15 is 0 Å². The number of fused-ring (bicyclic) bond motifs is 1. The van der Waals surface area contributed by atoms with Crippen molar-refractivity contribution in [2.24, 2.45) is 4.99 Å². The zero-order valence-corrected chi connectivity index (χ0v) is 16.5. The molecule has 27 heavy (non-hydrogen) atoms. The number of aryl methyl sites for hydroxylation is 1. The number of methoxy groups -OCH3 is 1. The quantitative estimate of drug-likeness (QED) is 0.446. The van der Waals surface area contributed by atoms with E-state index < -0.39 is 0 Å². The molecule has 4 nitrogen and oxygen atoms in total. The molecule has 0 spiro atoms. The Balaban J connectivity index is 1.88. The number of hydrogen-bond acceptors (Lipinski definition) is 4. The molecule has 2 aromatic carbocycles. The molecule has 0 radical (unpaired) electrons. The molecule has 2 heterocycles. The maximum absolute atomic E-state index is 6.11. The number of hydrogen-bond donors (Lipinski definition) is 0. The first kappa shape index (κ1) is 17.8. The van der Waals surface area contributed by atoms with Crippen LogP contribution in [0.5, 0.6) is 0 Å². The van der Waals surface area contributed by atoms with E-state index in [1.807, 2.05) is 30.3 Å². The summed E-state index contributed by atoms with van der Waals surface area (Å²) in [5, 5.41) is 3.21. The van der Waals surface area contributed by atoms with Crippen LogP contribution in [0.25, 0.3) is 22.4 Å². The minimum Gasteiger partial charge on any atom is -0.454 e. The van der Waals surface area contributed by atoms with Crippen LogP contribution in [0.2, 0.25) is 0 Å². The molecule has 0 aliphatic heterocycles. The summed E-state index contributed by atoms with van der Waals surface area (Å²) in [5.74, 6) is 0.848. The molecule has 0 N–H and O–H groups in total. The molecule has 0 aliphatic rings. The molecule has 4 aromatic rings. The molecule has 1 atom stereocenters. The Morgan fingerprint density at radius 1 is 1.15 bits per heavy atom. The maximum Gasteiger partial charge on any atom is 0.190 e. The molecule has 0 saturated heterocycles. The lowest BCUT2D eigenvalue weighted by atomic mass is 10.2. The lowest BCUT2D eigenvalue weighted by Crippen LogP contribution is -2.22. The molecule has 0 aliphatic carbocycles. The molecular weight excluding hydrogens is 356 g/mol. The SMILES string of the molecule is COC[C@H](C)n1c(-c2cc3ccccc3o2)csc1=Nc1cccc(C)c1. The third-order valence-electron chi connectivity index (χ3n) is 4.49. The summed E-state index contributed by atoms with van der Waals surface area (Å²) in [6.45, 7) is 4.82. The van der Waals surface area contributed by atoms with E-state index in [9.17, 15) is 0 Å². The second kappa shape index (κ2) is 7.55. The summed E-state index contributed by atoms with van der Waals surface area (Å²) in [4.78, 5) is 5.82. The second-order valence-corrected chi connectivity index (χ2v) is 7.51.